The summed E-state index contributed by atoms with van der Waals surface area (Å²) in [6, 6.07) is 1.67. The summed E-state index contributed by atoms with van der Waals surface area (Å²) in [7, 11) is 1.43. The maximum atomic E-state index is 7.64. The summed E-state index contributed by atoms with van der Waals surface area (Å²) < 4.78 is 4.20. The normalized spacial score (nSPS) is 6.40. The molecule has 0 heterocycles. The van der Waals surface area contributed by atoms with Crippen LogP contribution in [-0.2, 0) is 4.74 Å². The Morgan fingerprint density at radius 2 is 2.60 bits per heavy atom. The minimum Gasteiger partial charge on any atom is -0.363 e. The van der Waals surface area contributed by atoms with Crippen molar-refractivity contribution in [3.63, 3.8) is 0 Å². The Kier molecular flexibility index (Phi) is 3.07. The van der Waals surface area contributed by atoms with Gasteiger partial charge >= 0.3 is 0 Å². The number of nitriles is 1. The third kappa shape index (κ3) is 3.45. The van der Waals surface area contributed by atoms with Crippen LogP contribution in [0.3, 0.4) is 0 Å². The first kappa shape index (κ1) is 4.45. The second-order valence-corrected chi connectivity index (χ2v) is 0.483. The molecule has 0 unspecified atom stereocenters. The van der Waals surface area contributed by atoms with Gasteiger partial charge in [-0.1, -0.05) is 0 Å². The highest BCUT2D eigenvalue weighted by Crippen LogP contribution is 1.64. The van der Waals surface area contributed by atoms with Crippen molar-refractivity contribution in [2.45, 2.75) is 0 Å². The van der Waals surface area contributed by atoms with Gasteiger partial charge in [0.15, 0.2) is 6.61 Å². The Labute approximate surface area is 31.0 Å². The number of methoxy groups -OCH3 is 1. The van der Waals surface area contributed by atoms with Crippen molar-refractivity contribution in [3.8, 4) is 6.07 Å². The molecule has 2 heteroatoms. The molecule has 0 aliphatic carbocycles. The van der Waals surface area contributed by atoms with Crippen LogP contribution in [0.5, 0.6) is 0 Å². The zero-order valence-electron chi connectivity index (χ0n) is 2.93. The third-order valence-electron chi connectivity index (χ3n) is 0.171. The molecule has 1 radical (unpaired) electrons. The molecule has 0 aromatic carbocycles. The highest BCUT2D eigenvalue weighted by Gasteiger charge is 1.64. The smallest absolute Gasteiger partial charge is 0.182 e. The zero-order chi connectivity index (χ0) is 4.12. The first-order valence-electron chi connectivity index (χ1n) is 1.16. The minimum atomic E-state index is 1.06. The van der Waals surface area contributed by atoms with Gasteiger partial charge in [-0.15, -0.1) is 0 Å². The van der Waals surface area contributed by atoms with Crippen molar-refractivity contribution < 1.29 is 4.74 Å². The van der Waals surface area contributed by atoms with Gasteiger partial charge in [-0.05, 0) is 0 Å². The fourth-order valence-electron chi connectivity index (χ4n) is 0.0527. The fraction of sp³-hybridized carbons (Fsp3) is 0.333. The molecule has 0 fully saturated rings. The van der Waals surface area contributed by atoms with E-state index >= 15 is 0 Å². The third-order valence-corrected chi connectivity index (χ3v) is 0.171. The summed E-state index contributed by atoms with van der Waals surface area (Å²) in [4.78, 5) is 0. The number of nitrogens with zero attached hydrogens (tertiary/aromatic N) is 1. The predicted octanol–water partition coefficient (Wildman–Crippen LogP) is 0.318. The molecule has 5 heavy (non-hydrogen) atoms. The van der Waals surface area contributed by atoms with E-state index in [1.165, 1.54) is 7.11 Å². The van der Waals surface area contributed by atoms with E-state index in [-0.39, 0.29) is 0 Å². The first-order chi connectivity index (χ1) is 2.41. The van der Waals surface area contributed by atoms with E-state index in [1.807, 2.05) is 0 Å². The topological polar surface area (TPSA) is 33.0 Å². The van der Waals surface area contributed by atoms with Gasteiger partial charge in [-0.3, -0.25) is 0 Å². The van der Waals surface area contributed by atoms with Gasteiger partial charge in [0.05, 0.1) is 6.07 Å². The lowest BCUT2D eigenvalue weighted by atomic mass is 10.8. The first-order valence-corrected chi connectivity index (χ1v) is 1.16. The Bertz CT molecular complexity index is 45.3. The number of ether oxygens (including phenoxy) is 1. The molecular formula is C3H4NO. The molecule has 0 aliphatic rings. The van der Waals surface area contributed by atoms with Crippen LogP contribution >= 0.6 is 0 Å². The largest absolute Gasteiger partial charge is 0.363 e. The average Bonchev–Trinajstić information content (AvgIpc) is 1.41. The van der Waals surface area contributed by atoms with E-state index in [4.69, 9.17) is 5.26 Å². The van der Waals surface area contributed by atoms with Crippen molar-refractivity contribution in [1.82, 2.24) is 0 Å². The Balaban J connectivity index is 2.48. The van der Waals surface area contributed by atoms with Crippen molar-refractivity contribution in [2.24, 2.45) is 0 Å². The van der Waals surface area contributed by atoms with Gasteiger partial charge in [0.1, 0.15) is 0 Å². The van der Waals surface area contributed by atoms with Crippen LogP contribution in [0, 0.1) is 17.9 Å². The molecule has 0 bridgehead atoms. The summed E-state index contributed by atoms with van der Waals surface area (Å²) in [6.45, 7) is 1.06. The molecule has 0 aliphatic heterocycles. The molecule has 0 rings (SSSR count). The zero-order valence-corrected chi connectivity index (χ0v) is 2.93. The van der Waals surface area contributed by atoms with Crippen molar-refractivity contribution in [2.75, 3.05) is 7.11 Å². The van der Waals surface area contributed by atoms with E-state index < -0.39 is 0 Å². The number of hydrogen-bond acceptors (Lipinski definition) is 2. The van der Waals surface area contributed by atoms with Gasteiger partial charge in [0.2, 0.25) is 0 Å². The summed E-state index contributed by atoms with van der Waals surface area (Å²) in [5.74, 6) is 0. The van der Waals surface area contributed by atoms with Gasteiger partial charge in [-0.2, -0.15) is 5.26 Å². The van der Waals surface area contributed by atoms with Gasteiger partial charge < -0.3 is 4.74 Å². The van der Waals surface area contributed by atoms with Crippen LogP contribution in [0.4, 0.5) is 0 Å². The second-order valence-electron chi connectivity index (χ2n) is 0.483. The van der Waals surface area contributed by atoms with Crippen LogP contribution in [0.1, 0.15) is 0 Å². The molecule has 0 saturated heterocycles. The molecule has 0 atom stereocenters. The molecule has 0 amide bonds. The van der Waals surface area contributed by atoms with Crippen LogP contribution < -0.4 is 0 Å². The van der Waals surface area contributed by atoms with Crippen LogP contribution in [0.15, 0.2) is 0 Å². The maximum Gasteiger partial charge on any atom is 0.182 e. The Morgan fingerprint density at radius 1 is 2.00 bits per heavy atom. The molecule has 0 N–H and O–H groups in total. The molecule has 0 saturated carbocycles. The summed E-state index contributed by atoms with van der Waals surface area (Å²) in [6.07, 6.45) is 0. The summed E-state index contributed by atoms with van der Waals surface area (Å²) in [5.41, 5.74) is 0. The Hall–Kier alpha value is -0.550. The summed E-state index contributed by atoms with van der Waals surface area (Å²) in [5, 5.41) is 7.64. The molecule has 0 aromatic rings. The SMILES string of the molecule is CO[CH]C#N. The molecule has 27 valence electrons. The second kappa shape index (κ2) is 3.45. The lowest BCUT2D eigenvalue weighted by Crippen LogP contribution is -1.67. The molecule has 0 aromatic heterocycles. The fourth-order valence-corrected chi connectivity index (χ4v) is 0.0527. The van der Waals surface area contributed by atoms with E-state index in [0.29, 0.717) is 0 Å². The Morgan fingerprint density at radius 3 is 2.60 bits per heavy atom. The van der Waals surface area contributed by atoms with Crippen LogP contribution in [-0.4, -0.2) is 7.11 Å². The highest BCUT2D eigenvalue weighted by molar-refractivity contribution is 4.80. The lowest BCUT2D eigenvalue weighted by Gasteiger charge is -1.72. The maximum absolute atomic E-state index is 7.64. The molecule has 0 spiro atoms. The van der Waals surface area contributed by atoms with Gasteiger partial charge in [0, 0.05) is 7.11 Å². The number of hydrogen-bond donors (Lipinski definition) is 0. The average molecular weight is 70.1 g/mol. The van der Waals surface area contributed by atoms with Gasteiger partial charge in [-0.25, -0.2) is 0 Å². The van der Waals surface area contributed by atoms with Crippen molar-refractivity contribution in [1.29, 1.82) is 5.26 Å². The quantitative estimate of drug-likeness (QED) is 0.445. The van der Waals surface area contributed by atoms with E-state index in [2.05, 4.69) is 4.74 Å². The summed E-state index contributed by atoms with van der Waals surface area (Å²) >= 11 is 0. The van der Waals surface area contributed by atoms with Crippen LogP contribution in [0.25, 0.3) is 0 Å². The monoisotopic (exact) mass is 70.0 g/mol. The van der Waals surface area contributed by atoms with E-state index in [9.17, 15) is 0 Å². The minimum absolute atomic E-state index is 1.06. The predicted molar refractivity (Wildman–Crippen MR) is 16.9 cm³/mol. The van der Waals surface area contributed by atoms with Crippen LogP contribution in [0.2, 0.25) is 0 Å². The molecular weight excluding hydrogens is 66.0 g/mol. The lowest BCUT2D eigenvalue weighted by molar-refractivity contribution is 0.300. The van der Waals surface area contributed by atoms with E-state index in [0.717, 1.165) is 6.61 Å². The van der Waals surface area contributed by atoms with Crippen molar-refractivity contribution >= 4 is 0 Å². The number of rotatable bonds is 1. The van der Waals surface area contributed by atoms with E-state index in [1.54, 1.807) is 6.07 Å². The van der Waals surface area contributed by atoms with Crippen molar-refractivity contribution in [3.05, 3.63) is 6.61 Å². The van der Waals surface area contributed by atoms with Gasteiger partial charge in [0.25, 0.3) is 0 Å². The standard InChI is InChI=1S/C3H4NO/c1-5-3-2-4/h3H,1H3. The highest BCUT2D eigenvalue weighted by atomic mass is 16.5. The molecule has 2 nitrogen and oxygen atoms in total.